The molecule has 0 aliphatic rings. The third-order valence-corrected chi connectivity index (χ3v) is 3.54. The predicted molar refractivity (Wildman–Crippen MR) is 84.4 cm³/mol. The van der Waals surface area contributed by atoms with Gasteiger partial charge in [0.1, 0.15) is 11.6 Å². The Morgan fingerprint density at radius 3 is 2.71 bits per heavy atom. The normalized spacial score (nSPS) is 12.0. The number of nitrogens with one attached hydrogen (secondary N) is 2. The molecule has 1 aromatic carbocycles. The summed E-state index contributed by atoms with van der Waals surface area (Å²) in [4.78, 5) is 19.1. The first-order valence-electron chi connectivity index (χ1n) is 6.60. The molecule has 0 aliphatic carbocycles. The number of hydrogen-bond donors (Lipinski definition) is 2. The third kappa shape index (κ3) is 3.36. The molecule has 21 heavy (non-hydrogen) atoms. The fourth-order valence-electron chi connectivity index (χ4n) is 2.32. The molecule has 0 spiro atoms. The number of hydrogen-bond acceptors (Lipinski definition) is 4. The predicted octanol–water partition coefficient (Wildman–Crippen LogP) is 3.22. The summed E-state index contributed by atoms with van der Waals surface area (Å²) in [6, 6.07) is 5.20. The number of nitrogens with zero attached hydrogens (tertiary/aromatic N) is 1. The maximum atomic E-state index is 12.1. The van der Waals surface area contributed by atoms with Gasteiger partial charge in [-0.05, 0) is 32.9 Å². The van der Waals surface area contributed by atoms with Gasteiger partial charge in [-0.15, -0.1) is 0 Å². The summed E-state index contributed by atoms with van der Waals surface area (Å²) in [5.74, 6) is 1.20. The lowest BCUT2D eigenvalue weighted by molar-refractivity contribution is 0.415. The Labute approximate surface area is 128 Å². The molecule has 0 amide bonds. The van der Waals surface area contributed by atoms with E-state index in [1.165, 1.54) is 0 Å². The Bertz CT molecular complexity index is 713. The second kappa shape index (κ2) is 6.18. The molecule has 1 atom stereocenters. The molecular weight excluding hydrogens is 290 g/mol. The van der Waals surface area contributed by atoms with Gasteiger partial charge in [0.05, 0.1) is 29.4 Å². The number of methoxy groups -OCH3 is 1. The molecule has 2 rings (SSSR count). The van der Waals surface area contributed by atoms with Gasteiger partial charge in [-0.3, -0.25) is 4.79 Å². The van der Waals surface area contributed by atoms with Gasteiger partial charge in [-0.25, -0.2) is 4.98 Å². The van der Waals surface area contributed by atoms with Crippen molar-refractivity contribution >= 4 is 17.3 Å². The number of aromatic nitrogens is 2. The maximum Gasteiger partial charge on any atom is 0.256 e. The second-order valence-electron chi connectivity index (χ2n) is 4.87. The number of halogens is 1. The molecule has 0 saturated heterocycles. The van der Waals surface area contributed by atoms with Gasteiger partial charge in [0.25, 0.3) is 5.56 Å². The van der Waals surface area contributed by atoms with Crippen LogP contribution in [0.3, 0.4) is 0 Å². The number of H-pyrrole nitrogens is 1. The van der Waals surface area contributed by atoms with Crippen molar-refractivity contribution in [2.75, 3.05) is 12.4 Å². The molecular formula is C15H18ClN3O2. The van der Waals surface area contributed by atoms with E-state index in [0.717, 1.165) is 11.4 Å². The number of benzene rings is 1. The standard InChI is InChI=1S/C15H18ClN3O2/c1-8-14(15(20)19-10(3)17-8)9(2)18-11-5-6-12(16)13(7-11)21-4/h5-7,9,18H,1-4H3,(H,17,19,20). The molecule has 5 nitrogen and oxygen atoms in total. The minimum Gasteiger partial charge on any atom is -0.495 e. The van der Waals surface area contributed by atoms with Crippen molar-refractivity contribution < 1.29 is 4.74 Å². The van der Waals surface area contributed by atoms with Gasteiger partial charge in [0.2, 0.25) is 0 Å². The average Bonchev–Trinajstić information content (AvgIpc) is 2.39. The Balaban J connectivity index is 2.30. The largest absolute Gasteiger partial charge is 0.495 e. The fraction of sp³-hybridized carbons (Fsp3) is 0.333. The summed E-state index contributed by atoms with van der Waals surface area (Å²) in [5, 5.41) is 3.81. The van der Waals surface area contributed by atoms with E-state index in [-0.39, 0.29) is 11.6 Å². The van der Waals surface area contributed by atoms with Gasteiger partial charge >= 0.3 is 0 Å². The van der Waals surface area contributed by atoms with E-state index in [1.54, 1.807) is 26.2 Å². The van der Waals surface area contributed by atoms with Crippen molar-refractivity contribution in [3.8, 4) is 5.75 Å². The summed E-state index contributed by atoms with van der Waals surface area (Å²) in [5.41, 5.74) is 2.04. The Morgan fingerprint density at radius 1 is 1.38 bits per heavy atom. The van der Waals surface area contributed by atoms with Crippen molar-refractivity contribution in [3.63, 3.8) is 0 Å². The molecule has 0 radical (unpaired) electrons. The lowest BCUT2D eigenvalue weighted by Crippen LogP contribution is -2.23. The van der Waals surface area contributed by atoms with Crippen molar-refractivity contribution in [3.05, 3.63) is 50.7 Å². The van der Waals surface area contributed by atoms with Gasteiger partial charge < -0.3 is 15.0 Å². The Morgan fingerprint density at radius 2 is 2.10 bits per heavy atom. The van der Waals surface area contributed by atoms with E-state index in [4.69, 9.17) is 16.3 Å². The molecule has 0 aliphatic heterocycles. The van der Waals surface area contributed by atoms with E-state index in [0.29, 0.717) is 22.2 Å². The van der Waals surface area contributed by atoms with E-state index >= 15 is 0 Å². The van der Waals surface area contributed by atoms with Crippen LogP contribution in [0.25, 0.3) is 0 Å². The third-order valence-electron chi connectivity index (χ3n) is 3.23. The summed E-state index contributed by atoms with van der Waals surface area (Å²) in [7, 11) is 1.56. The van der Waals surface area contributed by atoms with Gasteiger partial charge in [0.15, 0.2) is 0 Å². The summed E-state index contributed by atoms with van der Waals surface area (Å²) >= 11 is 6.00. The molecule has 0 bridgehead atoms. The lowest BCUT2D eigenvalue weighted by Gasteiger charge is -2.17. The molecule has 1 heterocycles. The highest BCUT2D eigenvalue weighted by Crippen LogP contribution is 2.29. The molecule has 0 fully saturated rings. The number of ether oxygens (including phenoxy) is 1. The molecule has 1 unspecified atom stereocenters. The first-order chi connectivity index (χ1) is 9.92. The van der Waals surface area contributed by atoms with E-state index < -0.39 is 0 Å². The van der Waals surface area contributed by atoms with Crippen LogP contribution in [0, 0.1) is 13.8 Å². The quantitative estimate of drug-likeness (QED) is 0.910. The van der Waals surface area contributed by atoms with Crippen LogP contribution in [-0.2, 0) is 0 Å². The summed E-state index contributed by atoms with van der Waals surface area (Å²) in [6.45, 7) is 5.51. The summed E-state index contributed by atoms with van der Waals surface area (Å²) < 4.78 is 5.18. The van der Waals surface area contributed by atoms with E-state index in [9.17, 15) is 4.79 Å². The van der Waals surface area contributed by atoms with Gasteiger partial charge in [-0.1, -0.05) is 11.6 Å². The van der Waals surface area contributed by atoms with Crippen molar-refractivity contribution in [1.29, 1.82) is 0 Å². The van der Waals surface area contributed by atoms with E-state index in [1.807, 2.05) is 19.9 Å². The SMILES string of the molecule is COc1cc(NC(C)c2c(C)nc(C)[nH]c2=O)ccc1Cl. The molecule has 2 aromatic rings. The van der Waals surface area contributed by atoms with Crippen LogP contribution >= 0.6 is 11.6 Å². The average molecular weight is 308 g/mol. The van der Waals surface area contributed by atoms with Crippen molar-refractivity contribution in [2.45, 2.75) is 26.8 Å². The summed E-state index contributed by atoms with van der Waals surface area (Å²) in [6.07, 6.45) is 0. The highest BCUT2D eigenvalue weighted by molar-refractivity contribution is 6.32. The lowest BCUT2D eigenvalue weighted by atomic mass is 10.1. The molecule has 6 heteroatoms. The number of anilines is 1. The first kappa shape index (κ1) is 15.4. The van der Waals surface area contributed by atoms with Crippen LogP contribution in [0.4, 0.5) is 5.69 Å². The second-order valence-corrected chi connectivity index (χ2v) is 5.27. The Hall–Kier alpha value is -2.01. The van der Waals surface area contributed by atoms with E-state index in [2.05, 4.69) is 15.3 Å². The fourth-order valence-corrected chi connectivity index (χ4v) is 2.51. The van der Waals surface area contributed by atoms with Gasteiger partial charge in [-0.2, -0.15) is 0 Å². The zero-order chi connectivity index (χ0) is 15.6. The smallest absolute Gasteiger partial charge is 0.256 e. The minimum atomic E-state index is -0.187. The van der Waals surface area contributed by atoms with Crippen LogP contribution in [0.2, 0.25) is 5.02 Å². The molecule has 2 N–H and O–H groups in total. The number of rotatable bonds is 4. The molecule has 0 saturated carbocycles. The monoisotopic (exact) mass is 307 g/mol. The molecule has 112 valence electrons. The highest BCUT2D eigenvalue weighted by Gasteiger charge is 2.15. The van der Waals surface area contributed by atoms with Crippen LogP contribution in [0.1, 0.15) is 30.0 Å². The van der Waals surface area contributed by atoms with Crippen molar-refractivity contribution in [2.24, 2.45) is 0 Å². The van der Waals surface area contributed by atoms with Gasteiger partial charge in [0, 0.05) is 11.8 Å². The van der Waals surface area contributed by atoms with Crippen LogP contribution in [-0.4, -0.2) is 17.1 Å². The zero-order valence-electron chi connectivity index (χ0n) is 12.5. The van der Waals surface area contributed by atoms with Crippen molar-refractivity contribution in [1.82, 2.24) is 9.97 Å². The maximum absolute atomic E-state index is 12.1. The number of aryl methyl sites for hydroxylation is 2. The first-order valence-corrected chi connectivity index (χ1v) is 6.97. The van der Waals surface area contributed by atoms with Crippen LogP contribution in [0.15, 0.2) is 23.0 Å². The Kier molecular flexibility index (Phi) is 4.53. The van der Waals surface area contributed by atoms with Crippen LogP contribution in [0.5, 0.6) is 5.75 Å². The molecule has 1 aromatic heterocycles. The van der Waals surface area contributed by atoms with Crippen LogP contribution < -0.4 is 15.6 Å². The minimum absolute atomic E-state index is 0.124. The highest BCUT2D eigenvalue weighted by atomic mass is 35.5. The number of aromatic amines is 1. The zero-order valence-corrected chi connectivity index (χ0v) is 13.2. The topological polar surface area (TPSA) is 67.0 Å².